The van der Waals surface area contributed by atoms with E-state index in [1.54, 1.807) is 6.20 Å². The highest BCUT2D eigenvalue weighted by atomic mass is 16.3. The molecule has 1 rings (SSSR count). The zero-order chi connectivity index (χ0) is 13.1. The molecular weight excluding hydrogens is 224 g/mol. The fourth-order valence-electron chi connectivity index (χ4n) is 2.22. The SMILES string of the molecule is CCCCCCCCCCCc1ncc(CO)[nH]1. The number of aromatic amines is 1. The first kappa shape index (κ1) is 15.2. The van der Waals surface area contributed by atoms with Gasteiger partial charge in [-0.25, -0.2) is 4.98 Å². The minimum absolute atomic E-state index is 0.0603. The van der Waals surface area contributed by atoms with Crippen LogP contribution in [0.25, 0.3) is 0 Å². The van der Waals surface area contributed by atoms with Crippen LogP contribution in [0.1, 0.15) is 76.2 Å². The standard InChI is InChI=1S/C15H28N2O/c1-2-3-4-5-6-7-8-9-10-11-15-16-12-14(13-18)17-15/h12,18H,2-11,13H2,1H3,(H,16,17). The Morgan fingerprint density at radius 3 is 2.17 bits per heavy atom. The number of nitrogens with zero attached hydrogens (tertiary/aromatic N) is 1. The van der Waals surface area contributed by atoms with Crippen LogP contribution in [-0.4, -0.2) is 15.1 Å². The van der Waals surface area contributed by atoms with Crippen LogP contribution in [0.15, 0.2) is 6.20 Å². The Hall–Kier alpha value is -0.830. The number of aliphatic hydroxyl groups is 1. The van der Waals surface area contributed by atoms with E-state index in [0.29, 0.717) is 0 Å². The van der Waals surface area contributed by atoms with E-state index in [4.69, 9.17) is 5.11 Å². The number of hydrogen-bond acceptors (Lipinski definition) is 2. The van der Waals surface area contributed by atoms with Crippen molar-refractivity contribution in [2.75, 3.05) is 0 Å². The number of aryl methyl sites for hydroxylation is 1. The highest BCUT2D eigenvalue weighted by molar-refractivity contribution is 4.99. The molecule has 0 saturated carbocycles. The van der Waals surface area contributed by atoms with Gasteiger partial charge in [0.1, 0.15) is 5.82 Å². The van der Waals surface area contributed by atoms with Gasteiger partial charge in [-0.2, -0.15) is 0 Å². The van der Waals surface area contributed by atoms with Gasteiger partial charge in [0.2, 0.25) is 0 Å². The Balaban J connectivity index is 1.89. The normalized spacial score (nSPS) is 11.0. The van der Waals surface area contributed by atoms with E-state index in [2.05, 4.69) is 16.9 Å². The lowest BCUT2D eigenvalue weighted by atomic mass is 10.1. The van der Waals surface area contributed by atoms with Gasteiger partial charge in [0.25, 0.3) is 0 Å². The van der Waals surface area contributed by atoms with Crippen LogP contribution in [0.5, 0.6) is 0 Å². The zero-order valence-corrected chi connectivity index (χ0v) is 11.7. The maximum Gasteiger partial charge on any atom is 0.106 e. The van der Waals surface area contributed by atoms with E-state index in [-0.39, 0.29) is 6.61 Å². The third kappa shape index (κ3) is 6.80. The molecule has 0 aliphatic heterocycles. The molecule has 0 unspecified atom stereocenters. The molecule has 0 aliphatic rings. The van der Waals surface area contributed by atoms with E-state index < -0.39 is 0 Å². The molecule has 0 aliphatic carbocycles. The lowest BCUT2D eigenvalue weighted by Gasteiger charge is -2.01. The average molecular weight is 252 g/mol. The van der Waals surface area contributed by atoms with Gasteiger partial charge in [0.15, 0.2) is 0 Å². The zero-order valence-electron chi connectivity index (χ0n) is 11.7. The second-order valence-electron chi connectivity index (χ2n) is 5.09. The minimum atomic E-state index is 0.0603. The molecule has 0 fully saturated rings. The first-order valence-corrected chi connectivity index (χ1v) is 7.50. The van der Waals surface area contributed by atoms with Crippen LogP contribution in [0.3, 0.4) is 0 Å². The summed E-state index contributed by atoms with van der Waals surface area (Å²) < 4.78 is 0. The molecule has 0 radical (unpaired) electrons. The summed E-state index contributed by atoms with van der Waals surface area (Å²) in [5, 5.41) is 8.91. The van der Waals surface area contributed by atoms with Crippen molar-refractivity contribution in [3.63, 3.8) is 0 Å². The molecule has 3 heteroatoms. The molecule has 3 nitrogen and oxygen atoms in total. The van der Waals surface area contributed by atoms with Gasteiger partial charge >= 0.3 is 0 Å². The van der Waals surface area contributed by atoms with E-state index in [1.807, 2.05) is 0 Å². The summed E-state index contributed by atoms with van der Waals surface area (Å²) in [5.41, 5.74) is 0.820. The first-order valence-electron chi connectivity index (χ1n) is 7.50. The van der Waals surface area contributed by atoms with Gasteiger partial charge in [-0.15, -0.1) is 0 Å². The second-order valence-corrected chi connectivity index (χ2v) is 5.09. The van der Waals surface area contributed by atoms with Gasteiger partial charge < -0.3 is 10.1 Å². The second kappa shape index (κ2) is 10.1. The number of imidazole rings is 1. The Morgan fingerprint density at radius 2 is 1.61 bits per heavy atom. The van der Waals surface area contributed by atoms with Gasteiger partial charge in [0.05, 0.1) is 18.5 Å². The molecule has 0 spiro atoms. The van der Waals surface area contributed by atoms with Crippen LogP contribution in [0.2, 0.25) is 0 Å². The Kier molecular flexibility index (Phi) is 8.57. The smallest absolute Gasteiger partial charge is 0.106 e. The molecule has 0 aromatic carbocycles. The third-order valence-corrected chi connectivity index (χ3v) is 3.37. The van der Waals surface area contributed by atoms with E-state index in [0.717, 1.165) is 17.9 Å². The largest absolute Gasteiger partial charge is 0.390 e. The van der Waals surface area contributed by atoms with Crippen molar-refractivity contribution < 1.29 is 5.11 Å². The minimum Gasteiger partial charge on any atom is -0.390 e. The maximum atomic E-state index is 8.91. The van der Waals surface area contributed by atoms with Crippen LogP contribution < -0.4 is 0 Å². The highest BCUT2D eigenvalue weighted by Gasteiger charge is 1.99. The molecule has 1 heterocycles. The number of rotatable bonds is 11. The van der Waals surface area contributed by atoms with Crippen molar-refractivity contribution in [2.24, 2.45) is 0 Å². The molecule has 0 saturated heterocycles. The van der Waals surface area contributed by atoms with E-state index in [9.17, 15) is 0 Å². The van der Waals surface area contributed by atoms with Crippen LogP contribution in [0.4, 0.5) is 0 Å². The van der Waals surface area contributed by atoms with Crippen molar-refractivity contribution >= 4 is 0 Å². The third-order valence-electron chi connectivity index (χ3n) is 3.37. The van der Waals surface area contributed by atoms with Gasteiger partial charge in [-0.1, -0.05) is 58.3 Å². The quantitative estimate of drug-likeness (QED) is 0.585. The van der Waals surface area contributed by atoms with Crippen molar-refractivity contribution in [3.8, 4) is 0 Å². The van der Waals surface area contributed by atoms with Gasteiger partial charge in [0, 0.05) is 6.42 Å². The summed E-state index contributed by atoms with van der Waals surface area (Å²) in [6.07, 6.45) is 14.9. The number of aromatic nitrogens is 2. The molecule has 0 bridgehead atoms. The molecule has 2 N–H and O–H groups in total. The Morgan fingerprint density at radius 1 is 1.00 bits per heavy atom. The Bertz CT molecular complexity index is 296. The van der Waals surface area contributed by atoms with Crippen molar-refractivity contribution in [1.29, 1.82) is 0 Å². The predicted molar refractivity (Wildman–Crippen MR) is 75.4 cm³/mol. The fraction of sp³-hybridized carbons (Fsp3) is 0.800. The number of H-pyrrole nitrogens is 1. The van der Waals surface area contributed by atoms with Crippen LogP contribution in [-0.2, 0) is 13.0 Å². The monoisotopic (exact) mass is 252 g/mol. The summed E-state index contributed by atoms with van der Waals surface area (Å²) >= 11 is 0. The lowest BCUT2D eigenvalue weighted by molar-refractivity contribution is 0.277. The highest BCUT2D eigenvalue weighted by Crippen LogP contribution is 2.11. The van der Waals surface area contributed by atoms with E-state index >= 15 is 0 Å². The predicted octanol–water partition coefficient (Wildman–Crippen LogP) is 3.98. The average Bonchev–Trinajstić information content (AvgIpc) is 2.85. The Labute approximate surface area is 111 Å². The molecule has 0 atom stereocenters. The number of aliphatic hydroxyl groups excluding tert-OH is 1. The molecular formula is C15H28N2O. The first-order chi connectivity index (χ1) is 8.86. The molecule has 1 aromatic rings. The summed E-state index contributed by atoms with van der Waals surface area (Å²) in [6.45, 7) is 2.32. The molecule has 104 valence electrons. The van der Waals surface area contributed by atoms with Crippen molar-refractivity contribution in [2.45, 2.75) is 77.7 Å². The number of nitrogens with one attached hydrogen (secondary N) is 1. The van der Waals surface area contributed by atoms with Crippen LogP contribution >= 0.6 is 0 Å². The number of hydrogen-bond donors (Lipinski definition) is 2. The molecule has 1 aromatic heterocycles. The van der Waals surface area contributed by atoms with Crippen molar-refractivity contribution in [3.05, 3.63) is 17.7 Å². The van der Waals surface area contributed by atoms with Gasteiger partial charge in [-0.3, -0.25) is 0 Å². The summed E-state index contributed by atoms with van der Waals surface area (Å²) in [4.78, 5) is 7.37. The van der Waals surface area contributed by atoms with Crippen LogP contribution in [0, 0.1) is 0 Å². The summed E-state index contributed by atoms with van der Waals surface area (Å²) in [7, 11) is 0. The maximum absolute atomic E-state index is 8.91. The summed E-state index contributed by atoms with van der Waals surface area (Å²) in [5.74, 6) is 1.02. The van der Waals surface area contributed by atoms with Gasteiger partial charge in [-0.05, 0) is 6.42 Å². The van der Waals surface area contributed by atoms with E-state index in [1.165, 1.54) is 57.8 Å². The fourth-order valence-corrected chi connectivity index (χ4v) is 2.22. The lowest BCUT2D eigenvalue weighted by Crippen LogP contribution is -1.90. The molecule has 18 heavy (non-hydrogen) atoms. The molecule has 0 amide bonds. The topological polar surface area (TPSA) is 48.9 Å². The number of unbranched alkanes of at least 4 members (excludes halogenated alkanes) is 8. The van der Waals surface area contributed by atoms with Crippen molar-refractivity contribution in [1.82, 2.24) is 9.97 Å². The summed E-state index contributed by atoms with van der Waals surface area (Å²) in [6, 6.07) is 0.